The number of carbonyl (C=O) groups is 2. The molecular formula is C28H35FN4O3. The second-order valence-corrected chi connectivity index (χ2v) is 11.2. The summed E-state index contributed by atoms with van der Waals surface area (Å²) in [4.78, 5) is 30.0. The number of halogens is 1. The number of amides is 2. The van der Waals surface area contributed by atoms with Crippen LogP contribution in [0.1, 0.15) is 76.0 Å². The van der Waals surface area contributed by atoms with Crippen LogP contribution in [0.2, 0.25) is 0 Å². The van der Waals surface area contributed by atoms with Crippen molar-refractivity contribution < 1.29 is 19.1 Å². The van der Waals surface area contributed by atoms with Gasteiger partial charge in [0, 0.05) is 30.9 Å². The van der Waals surface area contributed by atoms with Gasteiger partial charge in [-0.2, -0.15) is 5.10 Å². The predicted molar refractivity (Wildman–Crippen MR) is 133 cm³/mol. The number of nitrogens with zero attached hydrogens (tertiary/aromatic N) is 4. The van der Waals surface area contributed by atoms with E-state index in [1.165, 1.54) is 21.6 Å². The first-order chi connectivity index (χ1) is 17.3. The molecular weight excluding hydrogens is 459 g/mol. The highest BCUT2D eigenvalue weighted by atomic mass is 19.1. The molecule has 6 rings (SSSR count). The van der Waals surface area contributed by atoms with Crippen LogP contribution in [0.4, 0.5) is 4.39 Å². The van der Waals surface area contributed by atoms with Gasteiger partial charge in [0.1, 0.15) is 12.7 Å². The molecule has 2 amide bonds. The number of hydrogen-bond acceptors (Lipinski definition) is 4. The van der Waals surface area contributed by atoms with Gasteiger partial charge < -0.3 is 14.9 Å². The lowest BCUT2D eigenvalue weighted by Crippen LogP contribution is -2.47. The summed E-state index contributed by atoms with van der Waals surface area (Å²) in [6, 6.07) is 6.49. The van der Waals surface area contributed by atoms with Gasteiger partial charge in [0.2, 0.25) is 5.91 Å². The first-order valence-corrected chi connectivity index (χ1v) is 13.4. The summed E-state index contributed by atoms with van der Waals surface area (Å²) in [5.74, 6) is 1.13. The van der Waals surface area contributed by atoms with Crippen LogP contribution in [0.15, 0.2) is 18.2 Å². The largest absolute Gasteiger partial charge is 0.390 e. The Balaban J connectivity index is 1.15. The van der Waals surface area contributed by atoms with Crippen molar-refractivity contribution in [3.8, 4) is 0 Å². The quantitative estimate of drug-likeness (QED) is 0.709. The number of carbonyl (C=O) groups excluding carboxylic acids is 2. The molecule has 4 atom stereocenters. The second kappa shape index (κ2) is 8.98. The van der Waals surface area contributed by atoms with Crippen molar-refractivity contribution in [2.45, 2.75) is 76.6 Å². The number of aromatic nitrogens is 2. The Morgan fingerprint density at radius 3 is 2.61 bits per heavy atom. The maximum Gasteiger partial charge on any atom is 0.274 e. The van der Waals surface area contributed by atoms with Crippen LogP contribution < -0.4 is 0 Å². The summed E-state index contributed by atoms with van der Waals surface area (Å²) in [7, 11) is 0. The number of likely N-dealkylation sites (tertiary alicyclic amines) is 2. The van der Waals surface area contributed by atoms with Crippen molar-refractivity contribution in [2.24, 2.45) is 5.92 Å². The Kier molecular flexibility index (Phi) is 5.90. The highest BCUT2D eigenvalue weighted by molar-refractivity contribution is 5.95. The lowest BCUT2D eigenvalue weighted by Gasteiger charge is -2.33. The molecule has 2 aliphatic carbocycles. The van der Waals surface area contributed by atoms with E-state index in [0.717, 1.165) is 50.0 Å². The highest BCUT2D eigenvalue weighted by Crippen LogP contribution is 2.57. The standard InChI is InChI=1S/C28H35FN4O3/c1-16-4-3-5-20(17(16)2)18-6-9-31(10-7-18)25(35)15-33-23-13-19-12-21(19)26(23)27(30-33)28(36)32-11-8-24(34)22(29)14-32/h3-5,18-19,21-22,24,34H,6-15H2,1-2H3/t19-,21-,22-,24-/m1/s1. The van der Waals surface area contributed by atoms with Gasteiger partial charge in [-0.3, -0.25) is 14.3 Å². The van der Waals surface area contributed by atoms with E-state index in [9.17, 15) is 19.1 Å². The van der Waals surface area contributed by atoms with E-state index in [-0.39, 0.29) is 31.3 Å². The first-order valence-electron chi connectivity index (χ1n) is 13.4. The lowest BCUT2D eigenvalue weighted by atomic mass is 9.85. The van der Waals surface area contributed by atoms with E-state index < -0.39 is 12.3 Å². The maximum absolute atomic E-state index is 14.1. The fourth-order valence-corrected chi connectivity index (χ4v) is 6.59. The molecule has 0 spiro atoms. The van der Waals surface area contributed by atoms with E-state index in [1.54, 1.807) is 4.68 Å². The van der Waals surface area contributed by atoms with Crippen LogP contribution in [0.5, 0.6) is 0 Å². The topological polar surface area (TPSA) is 78.7 Å². The summed E-state index contributed by atoms with van der Waals surface area (Å²) in [5, 5.41) is 14.4. The molecule has 7 nitrogen and oxygen atoms in total. The van der Waals surface area contributed by atoms with Crippen molar-refractivity contribution in [2.75, 3.05) is 26.2 Å². The smallest absolute Gasteiger partial charge is 0.274 e. The molecule has 4 aliphatic rings. The molecule has 1 aromatic carbocycles. The molecule has 2 saturated heterocycles. The van der Waals surface area contributed by atoms with Gasteiger partial charge in [-0.1, -0.05) is 18.2 Å². The Morgan fingerprint density at radius 2 is 1.86 bits per heavy atom. The van der Waals surface area contributed by atoms with E-state index in [0.29, 0.717) is 30.0 Å². The highest BCUT2D eigenvalue weighted by Gasteiger charge is 2.51. The zero-order valence-corrected chi connectivity index (χ0v) is 21.1. The normalized spacial score (nSPS) is 27.7. The predicted octanol–water partition coefficient (Wildman–Crippen LogP) is 3.11. The lowest BCUT2D eigenvalue weighted by molar-refractivity contribution is -0.133. The summed E-state index contributed by atoms with van der Waals surface area (Å²) >= 11 is 0. The van der Waals surface area contributed by atoms with Crippen molar-refractivity contribution in [3.05, 3.63) is 51.8 Å². The van der Waals surface area contributed by atoms with E-state index in [2.05, 4.69) is 37.1 Å². The molecule has 1 N–H and O–H groups in total. The van der Waals surface area contributed by atoms with Crippen LogP contribution >= 0.6 is 0 Å². The van der Waals surface area contributed by atoms with Gasteiger partial charge in [0.25, 0.3) is 5.91 Å². The molecule has 1 saturated carbocycles. The fraction of sp³-hybridized carbons (Fsp3) is 0.607. The van der Waals surface area contributed by atoms with Gasteiger partial charge in [-0.25, -0.2) is 4.39 Å². The number of benzene rings is 1. The van der Waals surface area contributed by atoms with Crippen LogP contribution in [-0.4, -0.2) is 75.0 Å². The molecule has 2 aromatic rings. The molecule has 192 valence electrons. The molecule has 8 heteroatoms. The summed E-state index contributed by atoms with van der Waals surface area (Å²) in [6.45, 7) is 6.15. The van der Waals surface area contributed by atoms with Crippen molar-refractivity contribution in [1.82, 2.24) is 19.6 Å². The Labute approximate surface area is 211 Å². The fourth-order valence-electron chi connectivity index (χ4n) is 6.59. The maximum atomic E-state index is 14.1. The number of fused-ring (bicyclic) bond motifs is 3. The van der Waals surface area contributed by atoms with E-state index >= 15 is 0 Å². The molecule has 3 fully saturated rings. The van der Waals surface area contributed by atoms with Gasteiger partial charge in [-0.05, 0) is 80.4 Å². The van der Waals surface area contributed by atoms with Gasteiger partial charge >= 0.3 is 0 Å². The number of aliphatic hydroxyl groups excluding tert-OH is 1. The molecule has 0 bridgehead atoms. The van der Waals surface area contributed by atoms with Crippen LogP contribution in [0.25, 0.3) is 0 Å². The minimum Gasteiger partial charge on any atom is -0.390 e. The van der Waals surface area contributed by atoms with Crippen molar-refractivity contribution in [3.63, 3.8) is 0 Å². The Hall–Kier alpha value is -2.74. The monoisotopic (exact) mass is 494 g/mol. The minimum atomic E-state index is -1.43. The first kappa shape index (κ1) is 23.6. The third kappa shape index (κ3) is 4.03. The Morgan fingerprint density at radius 1 is 1.11 bits per heavy atom. The number of aryl methyl sites for hydroxylation is 1. The van der Waals surface area contributed by atoms with E-state index in [1.807, 2.05) is 4.90 Å². The van der Waals surface area contributed by atoms with Crippen molar-refractivity contribution in [1.29, 1.82) is 0 Å². The molecule has 1 aromatic heterocycles. The number of aliphatic hydroxyl groups is 1. The number of rotatable bonds is 4. The number of alkyl halides is 1. The van der Waals surface area contributed by atoms with Gasteiger partial charge in [0.05, 0.1) is 12.6 Å². The number of piperidine rings is 2. The van der Waals surface area contributed by atoms with Gasteiger partial charge in [-0.15, -0.1) is 0 Å². The van der Waals surface area contributed by atoms with E-state index in [4.69, 9.17) is 0 Å². The summed E-state index contributed by atoms with van der Waals surface area (Å²) < 4.78 is 15.9. The molecule has 3 heterocycles. The zero-order valence-electron chi connectivity index (χ0n) is 21.1. The average molecular weight is 495 g/mol. The van der Waals surface area contributed by atoms with Crippen LogP contribution in [0, 0.1) is 19.8 Å². The Bertz CT molecular complexity index is 1200. The van der Waals surface area contributed by atoms with Crippen LogP contribution in [-0.2, 0) is 17.8 Å². The summed E-state index contributed by atoms with van der Waals surface area (Å²) in [6.07, 6.45) is 1.61. The molecule has 36 heavy (non-hydrogen) atoms. The zero-order chi connectivity index (χ0) is 25.1. The summed E-state index contributed by atoms with van der Waals surface area (Å²) in [5.41, 5.74) is 6.44. The molecule has 0 radical (unpaired) electrons. The number of hydrogen-bond donors (Lipinski definition) is 1. The molecule has 0 unspecified atom stereocenters. The second-order valence-electron chi connectivity index (χ2n) is 11.2. The van der Waals surface area contributed by atoms with Gasteiger partial charge in [0.15, 0.2) is 5.69 Å². The third-order valence-corrected chi connectivity index (χ3v) is 9.06. The van der Waals surface area contributed by atoms with Crippen LogP contribution in [0.3, 0.4) is 0 Å². The average Bonchev–Trinajstić information content (AvgIpc) is 3.40. The van der Waals surface area contributed by atoms with Crippen molar-refractivity contribution >= 4 is 11.8 Å². The SMILES string of the molecule is Cc1cccc(C2CCN(C(=O)Cn3nc(C(=O)N4CC[C@@H](O)[C@H](F)C4)c4c3C[C@H]3C[C@@H]43)CC2)c1C. The minimum absolute atomic E-state index is 0.0456. The molecule has 2 aliphatic heterocycles. The third-order valence-electron chi connectivity index (χ3n) is 9.06.